The molecule has 1 heterocycles. The minimum absolute atomic E-state index is 0.166. The van der Waals surface area contributed by atoms with Gasteiger partial charge in [-0.2, -0.15) is 4.99 Å². The molecule has 1 aromatic heterocycles. The Bertz CT molecular complexity index is 1220. The highest BCUT2D eigenvalue weighted by molar-refractivity contribution is 7.16. The molecule has 0 radical (unpaired) electrons. The highest BCUT2D eigenvalue weighted by Gasteiger charge is 2.21. The lowest BCUT2D eigenvalue weighted by Gasteiger charge is -2.05. The number of benzene rings is 2. The van der Waals surface area contributed by atoms with Crippen LogP contribution in [0, 0.1) is 10.1 Å². The first kappa shape index (κ1) is 21.5. The molecule has 0 atom stereocenters. The number of fused-ring (bicyclic) bond motifs is 1. The fourth-order valence-electron chi connectivity index (χ4n) is 2.73. The number of aromatic nitrogens is 1. The number of methoxy groups -OCH3 is 1. The molecule has 2 aromatic carbocycles. The summed E-state index contributed by atoms with van der Waals surface area (Å²) < 4.78 is 12.5. The summed E-state index contributed by atoms with van der Waals surface area (Å²) in [7, 11) is 1.25. The van der Waals surface area contributed by atoms with E-state index in [4.69, 9.17) is 21.1 Å². The van der Waals surface area contributed by atoms with Crippen LogP contribution in [0.3, 0.4) is 0 Å². The van der Waals surface area contributed by atoms with Crippen molar-refractivity contribution in [3.63, 3.8) is 0 Å². The molecule has 30 heavy (non-hydrogen) atoms. The number of halogens is 1. The lowest BCUT2D eigenvalue weighted by atomic mass is 10.2. The van der Waals surface area contributed by atoms with Gasteiger partial charge in [0, 0.05) is 11.1 Å². The molecular weight excluding hydrogens is 434 g/mol. The Kier molecular flexibility index (Phi) is 6.48. The molecule has 3 aromatic rings. The second-order valence-corrected chi connectivity index (χ2v) is 7.39. The summed E-state index contributed by atoms with van der Waals surface area (Å²) in [6.07, 6.45) is 0. The fraction of sp³-hybridized carbons (Fsp3) is 0.211. The number of rotatable bonds is 6. The van der Waals surface area contributed by atoms with Crippen molar-refractivity contribution in [1.29, 1.82) is 0 Å². The van der Waals surface area contributed by atoms with Crippen molar-refractivity contribution in [2.45, 2.75) is 13.5 Å². The van der Waals surface area contributed by atoms with Gasteiger partial charge in [-0.1, -0.05) is 22.9 Å². The zero-order chi connectivity index (χ0) is 21.8. The Balaban J connectivity index is 2.18. The Morgan fingerprint density at radius 2 is 2.03 bits per heavy atom. The number of esters is 1. The number of carbonyl (C=O) groups excluding carboxylic acids is 2. The maximum absolute atomic E-state index is 12.8. The van der Waals surface area contributed by atoms with Gasteiger partial charge in [0.25, 0.3) is 11.6 Å². The largest absolute Gasteiger partial charge is 0.494 e. The molecule has 0 aliphatic heterocycles. The fourth-order valence-corrected chi connectivity index (χ4v) is 3.96. The van der Waals surface area contributed by atoms with Crippen LogP contribution in [0.25, 0.3) is 10.2 Å². The SMILES string of the molecule is CCOc1ccc2c(c1)sc(=NC(=O)c1cc(Cl)ccc1[N+](=O)[O-])n2CC(=O)OC. The average Bonchev–Trinajstić information content (AvgIpc) is 3.03. The van der Waals surface area contributed by atoms with Gasteiger partial charge < -0.3 is 14.0 Å². The molecule has 156 valence electrons. The van der Waals surface area contributed by atoms with Gasteiger partial charge in [0.15, 0.2) is 4.80 Å². The summed E-state index contributed by atoms with van der Waals surface area (Å²) in [5.41, 5.74) is -0.0158. The number of carbonyl (C=O) groups is 2. The van der Waals surface area contributed by atoms with Crippen molar-refractivity contribution in [3.8, 4) is 5.75 Å². The summed E-state index contributed by atoms with van der Waals surface area (Å²) >= 11 is 7.05. The first-order chi connectivity index (χ1) is 14.3. The van der Waals surface area contributed by atoms with Crippen LogP contribution >= 0.6 is 22.9 Å². The van der Waals surface area contributed by atoms with E-state index in [0.29, 0.717) is 17.9 Å². The van der Waals surface area contributed by atoms with Crippen molar-refractivity contribution >= 4 is 50.7 Å². The van der Waals surface area contributed by atoms with Crippen LogP contribution in [0.1, 0.15) is 17.3 Å². The standard InChI is InChI=1S/C19H16ClN3O6S/c1-3-29-12-5-7-15-16(9-12)30-19(22(15)10-17(24)28-2)21-18(25)13-8-11(20)4-6-14(13)23(26)27/h4-9H,3,10H2,1-2H3. The first-order valence-corrected chi connectivity index (χ1v) is 9.89. The van der Waals surface area contributed by atoms with E-state index >= 15 is 0 Å². The van der Waals surface area contributed by atoms with Crippen LogP contribution in [0.4, 0.5) is 5.69 Å². The minimum Gasteiger partial charge on any atom is -0.494 e. The summed E-state index contributed by atoms with van der Waals surface area (Å²) in [6, 6.07) is 8.90. The Hall–Kier alpha value is -3.24. The molecule has 1 amide bonds. The summed E-state index contributed by atoms with van der Waals surface area (Å²) in [4.78, 5) is 39.5. The molecule has 0 N–H and O–H groups in total. The highest BCUT2D eigenvalue weighted by atomic mass is 35.5. The van der Waals surface area contributed by atoms with Crippen LogP contribution in [0.2, 0.25) is 5.02 Å². The van der Waals surface area contributed by atoms with Crippen LogP contribution in [0.5, 0.6) is 5.75 Å². The molecule has 0 fully saturated rings. The number of ether oxygens (including phenoxy) is 2. The predicted octanol–water partition coefficient (Wildman–Crippen LogP) is 3.58. The molecule has 0 bridgehead atoms. The van der Waals surface area contributed by atoms with Crippen molar-refractivity contribution in [2.24, 2.45) is 4.99 Å². The zero-order valence-corrected chi connectivity index (χ0v) is 17.5. The van der Waals surface area contributed by atoms with Crippen LogP contribution in [-0.2, 0) is 16.1 Å². The Labute approximate surface area is 179 Å². The second-order valence-electron chi connectivity index (χ2n) is 5.94. The lowest BCUT2D eigenvalue weighted by Crippen LogP contribution is -2.22. The molecule has 11 heteroatoms. The third-order valence-electron chi connectivity index (χ3n) is 4.06. The molecule has 0 saturated heterocycles. The van der Waals surface area contributed by atoms with E-state index in [1.807, 2.05) is 6.92 Å². The number of thiazole rings is 1. The maximum Gasteiger partial charge on any atom is 0.325 e. The number of nitro groups is 1. The number of hydrogen-bond donors (Lipinski definition) is 0. The van der Waals surface area contributed by atoms with E-state index in [-0.39, 0.29) is 21.9 Å². The van der Waals surface area contributed by atoms with Gasteiger partial charge in [0.05, 0.1) is 28.9 Å². The third-order valence-corrected chi connectivity index (χ3v) is 5.34. The van der Waals surface area contributed by atoms with Gasteiger partial charge in [-0.25, -0.2) is 0 Å². The van der Waals surface area contributed by atoms with E-state index in [2.05, 4.69) is 4.99 Å². The average molecular weight is 450 g/mol. The Morgan fingerprint density at radius 3 is 2.70 bits per heavy atom. The highest BCUT2D eigenvalue weighted by Crippen LogP contribution is 2.25. The predicted molar refractivity (Wildman–Crippen MR) is 111 cm³/mol. The third kappa shape index (κ3) is 4.50. The molecule has 0 spiro atoms. The van der Waals surface area contributed by atoms with E-state index in [1.165, 1.54) is 23.8 Å². The monoisotopic (exact) mass is 449 g/mol. The molecule has 9 nitrogen and oxygen atoms in total. The number of nitro benzene ring substituents is 1. The normalized spacial score (nSPS) is 11.5. The lowest BCUT2D eigenvalue weighted by molar-refractivity contribution is -0.385. The van der Waals surface area contributed by atoms with Gasteiger partial charge in [-0.3, -0.25) is 19.7 Å². The molecule has 3 rings (SSSR count). The molecule has 0 aliphatic carbocycles. The van der Waals surface area contributed by atoms with Gasteiger partial charge in [-0.15, -0.1) is 0 Å². The minimum atomic E-state index is -0.848. The number of nitrogens with zero attached hydrogens (tertiary/aromatic N) is 3. The molecule has 0 aliphatic rings. The van der Waals surface area contributed by atoms with Gasteiger partial charge in [-0.05, 0) is 37.3 Å². The number of hydrogen-bond acceptors (Lipinski definition) is 7. The van der Waals surface area contributed by atoms with E-state index in [0.717, 1.165) is 22.1 Å². The zero-order valence-electron chi connectivity index (χ0n) is 16.0. The summed E-state index contributed by atoms with van der Waals surface area (Å²) in [5, 5.41) is 11.4. The molecular formula is C19H16ClN3O6S. The smallest absolute Gasteiger partial charge is 0.325 e. The topological polar surface area (TPSA) is 113 Å². The molecule has 0 unspecified atom stereocenters. The van der Waals surface area contributed by atoms with E-state index in [1.54, 1.807) is 18.2 Å². The second kappa shape index (κ2) is 9.06. The summed E-state index contributed by atoms with van der Waals surface area (Å²) in [6.45, 7) is 2.15. The number of amides is 1. The first-order valence-electron chi connectivity index (χ1n) is 8.70. The van der Waals surface area contributed by atoms with Gasteiger partial charge >= 0.3 is 5.97 Å². The quantitative estimate of drug-likeness (QED) is 0.323. The van der Waals surface area contributed by atoms with Crippen LogP contribution in [-0.4, -0.2) is 35.1 Å². The van der Waals surface area contributed by atoms with Gasteiger partial charge in [0.1, 0.15) is 17.9 Å². The van der Waals surface area contributed by atoms with Crippen molar-refractivity contribution in [1.82, 2.24) is 4.57 Å². The van der Waals surface area contributed by atoms with Crippen molar-refractivity contribution in [2.75, 3.05) is 13.7 Å². The maximum atomic E-state index is 12.8. The van der Waals surface area contributed by atoms with Crippen molar-refractivity contribution < 1.29 is 24.0 Å². The van der Waals surface area contributed by atoms with Crippen LogP contribution < -0.4 is 9.54 Å². The molecule has 0 saturated carbocycles. The van der Waals surface area contributed by atoms with Crippen molar-refractivity contribution in [3.05, 3.63) is 61.9 Å². The van der Waals surface area contributed by atoms with Crippen LogP contribution in [0.15, 0.2) is 41.4 Å². The Morgan fingerprint density at radius 1 is 1.27 bits per heavy atom. The van der Waals surface area contributed by atoms with E-state index in [9.17, 15) is 19.7 Å². The summed E-state index contributed by atoms with van der Waals surface area (Å²) in [5.74, 6) is -0.759. The van der Waals surface area contributed by atoms with E-state index < -0.39 is 22.5 Å². The van der Waals surface area contributed by atoms with Gasteiger partial charge in [0.2, 0.25) is 0 Å².